The maximum atomic E-state index is 11.5. The Hall–Kier alpha value is -0.650. The monoisotopic (exact) mass is 258 g/mol. The molecule has 1 amide bonds. The van der Waals surface area contributed by atoms with Crippen LogP contribution in [0.4, 0.5) is 0 Å². The number of amides is 1. The first kappa shape index (κ1) is 15.4. The first-order chi connectivity index (χ1) is 8.58. The minimum atomic E-state index is -0.593. The van der Waals surface area contributed by atoms with Gasteiger partial charge in [0.15, 0.2) is 0 Å². The smallest absolute Gasteiger partial charge is 0.237 e. The zero-order valence-corrected chi connectivity index (χ0v) is 11.5. The van der Waals surface area contributed by atoms with E-state index in [1.54, 1.807) is 0 Å². The maximum absolute atomic E-state index is 11.5. The van der Waals surface area contributed by atoms with Crippen LogP contribution in [0.2, 0.25) is 0 Å². The van der Waals surface area contributed by atoms with Gasteiger partial charge in [0.2, 0.25) is 5.91 Å². The van der Waals surface area contributed by atoms with Crippen LogP contribution in [-0.2, 0) is 14.3 Å². The number of primary amides is 1. The third-order valence-corrected chi connectivity index (χ3v) is 3.19. The van der Waals surface area contributed by atoms with Crippen molar-refractivity contribution in [2.24, 2.45) is 5.73 Å². The Morgan fingerprint density at radius 2 is 2.00 bits per heavy atom. The van der Waals surface area contributed by atoms with Gasteiger partial charge in [-0.25, -0.2) is 0 Å². The summed E-state index contributed by atoms with van der Waals surface area (Å²) >= 11 is 0. The lowest BCUT2D eigenvalue weighted by Crippen LogP contribution is -2.54. The summed E-state index contributed by atoms with van der Waals surface area (Å²) in [6.07, 6.45) is 3.83. The quantitative estimate of drug-likeness (QED) is 0.538. The number of hydrogen-bond acceptors (Lipinski definition) is 4. The van der Waals surface area contributed by atoms with Crippen LogP contribution in [0.25, 0.3) is 0 Å². The molecule has 0 aliphatic heterocycles. The molecule has 5 heteroatoms. The molecule has 1 atom stereocenters. The SMILES string of the molecule is CCOCCOCCCC(C)(NC1CC1)C(N)=O. The van der Waals surface area contributed by atoms with E-state index in [-0.39, 0.29) is 5.91 Å². The van der Waals surface area contributed by atoms with Crippen LogP contribution in [0.15, 0.2) is 0 Å². The Labute approximate surface area is 109 Å². The van der Waals surface area contributed by atoms with Crippen LogP contribution >= 0.6 is 0 Å². The van der Waals surface area contributed by atoms with Crippen molar-refractivity contribution in [1.82, 2.24) is 5.32 Å². The Morgan fingerprint density at radius 3 is 2.56 bits per heavy atom. The van der Waals surface area contributed by atoms with E-state index in [1.807, 2.05) is 13.8 Å². The summed E-state index contributed by atoms with van der Waals surface area (Å²) in [6.45, 7) is 6.44. The molecule has 1 saturated carbocycles. The summed E-state index contributed by atoms with van der Waals surface area (Å²) in [5.41, 5.74) is 4.87. The summed E-state index contributed by atoms with van der Waals surface area (Å²) in [5, 5.41) is 3.32. The van der Waals surface area contributed by atoms with Crippen LogP contribution in [0.1, 0.15) is 39.5 Å². The van der Waals surface area contributed by atoms with Gasteiger partial charge in [-0.3, -0.25) is 4.79 Å². The minimum absolute atomic E-state index is 0.274. The summed E-state index contributed by atoms with van der Waals surface area (Å²) in [6, 6.07) is 0.473. The van der Waals surface area contributed by atoms with Crippen LogP contribution in [0.3, 0.4) is 0 Å². The number of carbonyl (C=O) groups excluding carboxylic acids is 1. The van der Waals surface area contributed by atoms with Crippen molar-refractivity contribution >= 4 is 5.91 Å². The zero-order valence-electron chi connectivity index (χ0n) is 11.5. The number of nitrogens with two attached hydrogens (primary N) is 1. The van der Waals surface area contributed by atoms with Crippen LogP contribution in [-0.4, -0.2) is 43.9 Å². The predicted octanol–water partition coefficient (Wildman–Crippen LogP) is 0.816. The summed E-state index contributed by atoms with van der Waals surface area (Å²) in [5.74, 6) is -0.274. The Kier molecular flexibility index (Phi) is 6.60. The normalized spacial score (nSPS) is 18.6. The van der Waals surface area contributed by atoms with E-state index in [2.05, 4.69) is 5.32 Å². The molecular formula is C13H26N2O3. The van der Waals surface area contributed by atoms with Crippen LogP contribution < -0.4 is 11.1 Å². The topological polar surface area (TPSA) is 73.6 Å². The van der Waals surface area contributed by atoms with E-state index in [1.165, 1.54) is 0 Å². The average Bonchev–Trinajstić information content (AvgIpc) is 3.11. The average molecular weight is 258 g/mol. The highest BCUT2D eigenvalue weighted by atomic mass is 16.5. The van der Waals surface area contributed by atoms with Gasteiger partial charge in [-0.05, 0) is 39.5 Å². The van der Waals surface area contributed by atoms with Gasteiger partial charge in [-0.15, -0.1) is 0 Å². The van der Waals surface area contributed by atoms with Gasteiger partial charge < -0.3 is 20.5 Å². The molecule has 0 spiro atoms. The molecule has 0 aromatic carbocycles. The fourth-order valence-corrected chi connectivity index (χ4v) is 1.84. The van der Waals surface area contributed by atoms with Crippen molar-refractivity contribution in [1.29, 1.82) is 0 Å². The molecule has 106 valence electrons. The standard InChI is InChI=1S/C13H26N2O3/c1-3-17-9-10-18-8-4-7-13(2,12(14)16)15-11-5-6-11/h11,15H,3-10H2,1-2H3,(H2,14,16). The second-order valence-corrected chi connectivity index (χ2v) is 5.03. The summed E-state index contributed by atoms with van der Waals surface area (Å²) in [4.78, 5) is 11.5. The van der Waals surface area contributed by atoms with Gasteiger partial charge >= 0.3 is 0 Å². The molecule has 0 saturated heterocycles. The highest BCUT2D eigenvalue weighted by Crippen LogP contribution is 2.24. The van der Waals surface area contributed by atoms with E-state index in [4.69, 9.17) is 15.2 Å². The molecule has 18 heavy (non-hydrogen) atoms. The minimum Gasteiger partial charge on any atom is -0.379 e. The lowest BCUT2D eigenvalue weighted by atomic mass is 9.95. The number of carbonyl (C=O) groups is 1. The van der Waals surface area contributed by atoms with E-state index >= 15 is 0 Å². The summed E-state index contributed by atoms with van der Waals surface area (Å²) in [7, 11) is 0. The molecule has 0 bridgehead atoms. The third kappa shape index (κ3) is 5.80. The lowest BCUT2D eigenvalue weighted by Gasteiger charge is -2.27. The predicted molar refractivity (Wildman–Crippen MR) is 70.3 cm³/mol. The van der Waals surface area contributed by atoms with Gasteiger partial charge in [0.1, 0.15) is 0 Å². The van der Waals surface area contributed by atoms with Crippen molar-refractivity contribution in [3.63, 3.8) is 0 Å². The highest BCUT2D eigenvalue weighted by Gasteiger charge is 2.36. The van der Waals surface area contributed by atoms with Crippen LogP contribution in [0.5, 0.6) is 0 Å². The number of ether oxygens (including phenoxy) is 2. The Balaban J connectivity index is 2.11. The fraction of sp³-hybridized carbons (Fsp3) is 0.923. The molecule has 0 radical (unpaired) electrons. The van der Waals surface area contributed by atoms with Gasteiger partial charge in [0.05, 0.1) is 18.8 Å². The Morgan fingerprint density at radius 1 is 1.33 bits per heavy atom. The molecule has 0 aromatic heterocycles. The van der Waals surface area contributed by atoms with E-state index in [0.29, 0.717) is 38.9 Å². The first-order valence-electron chi connectivity index (χ1n) is 6.81. The largest absolute Gasteiger partial charge is 0.379 e. The molecule has 3 N–H and O–H groups in total. The third-order valence-electron chi connectivity index (χ3n) is 3.19. The highest BCUT2D eigenvalue weighted by molar-refractivity contribution is 5.84. The van der Waals surface area contributed by atoms with E-state index < -0.39 is 5.54 Å². The molecule has 1 unspecified atom stereocenters. The second-order valence-electron chi connectivity index (χ2n) is 5.03. The van der Waals surface area contributed by atoms with Crippen molar-refractivity contribution in [2.45, 2.75) is 51.1 Å². The molecule has 0 aromatic rings. The van der Waals surface area contributed by atoms with Gasteiger partial charge in [0, 0.05) is 19.3 Å². The van der Waals surface area contributed by atoms with Crippen molar-refractivity contribution in [3.8, 4) is 0 Å². The first-order valence-corrected chi connectivity index (χ1v) is 6.81. The van der Waals surface area contributed by atoms with Crippen molar-refractivity contribution in [2.75, 3.05) is 26.4 Å². The number of nitrogens with one attached hydrogen (secondary N) is 1. The molecule has 1 aliphatic rings. The van der Waals surface area contributed by atoms with Gasteiger partial charge in [0.25, 0.3) is 0 Å². The Bertz CT molecular complexity index is 257. The fourth-order valence-electron chi connectivity index (χ4n) is 1.84. The van der Waals surface area contributed by atoms with Crippen LogP contribution in [0, 0.1) is 0 Å². The van der Waals surface area contributed by atoms with Gasteiger partial charge in [-0.2, -0.15) is 0 Å². The molecule has 1 rings (SSSR count). The molecule has 0 heterocycles. The second kappa shape index (κ2) is 7.71. The maximum Gasteiger partial charge on any atom is 0.237 e. The zero-order chi connectivity index (χ0) is 13.4. The van der Waals surface area contributed by atoms with Gasteiger partial charge in [-0.1, -0.05) is 0 Å². The van der Waals surface area contributed by atoms with E-state index in [0.717, 1.165) is 19.3 Å². The summed E-state index contributed by atoms with van der Waals surface area (Å²) < 4.78 is 10.6. The molecule has 5 nitrogen and oxygen atoms in total. The molecule has 1 aliphatic carbocycles. The molecular weight excluding hydrogens is 232 g/mol. The number of hydrogen-bond donors (Lipinski definition) is 2. The van der Waals surface area contributed by atoms with E-state index in [9.17, 15) is 4.79 Å². The molecule has 1 fully saturated rings. The number of rotatable bonds is 11. The van der Waals surface area contributed by atoms with Crippen molar-refractivity contribution in [3.05, 3.63) is 0 Å². The lowest BCUT2D eigenvalue weighted by molar-refractivity contribution is -0.124. The van der Waals surface area contributed by atoms with Crippen molar-refractivity contribution < 1.29 is 14.3 Å².